The van der Waals surface area contributed by atoms with Gasteiger partial charge in [-0.1, -0.05) is 42.5 Å². The van der Waals surface area contributed by atoms with Crippen molar-refractivity contribution in [3.63, 3.8) is 0 Å². The van der Waals surface area contributed by atoms with Crippen molar-refractivity contribution in [1.82, 2.24) is 9.97 Å². The third-order valence-corrected chi connectivity index (χ3v) is 4.62. The van der Waals surface area contributed by atoms with Crippen LogP contribution in [0.5, 0.6) is 0 Å². The number of hydrogen-bond acceptors (Lipinski definition) is 5. The Hall–Kier alpha value is -2.86. The molecule has 6 nitrogen and oxygen atoms in total. The Morgan fingerprint density at radius 2 is 2.12 bits per heavy atom. The van der Waals surface area contributed by atoms with Crippen LogP contribution in [0.15, 0.2) is 53.3 Å². The summed E-state index contributed by atoms with van der Waals surface area (Å²) in [5, 5.41) is 5.66. The van der Waals surface area contributed by atoms with Gasteiger partial charge in [0.15, 0.2) is 0 Å². The fourth-order valence-electron chi connectivity index (χ4n) is 3.34. The number of H-pyrrole nitrogens is 1. The maximum absolute atomic E-state index is 12.1. The van der Waals surface area contributed by atoms with Crippen molar-refractivity contribution < 1.29 is 4.74 Å². The van der Waals surface area contributed by atoms with Gasteiger partial charge in [0.05, 0.1) is 12.7 Å². The first-order chi connectivity index (χ1) is 12.7. The molecule has 1 fully saturated rings. The molecule has 0 bridgehead atoms. The van der Waals surface area contributed by atoms with Gasteiger partial charge in [0, 0.05) is 25.7 Å². The number of ether oxygens (including phenoxy) is 1. The molecule has 3 aromatic rings. The zero-order chi connectivity index (χ0) is 17.9. The van der Waals surface area contributed by atoms with Crippen LogP contribution in [-0.2, 0) is 11.3 Å². The minimum Gasteiger partial charge on any atom is -0.375 e. The Morgan fingerprint density at radius 1 is 1.27 bits per heavy atom. The standard InChI is InChI=1S/C20H22N4O2/c1-14-13-24(9-10-26-14)18-11-19(25)23-20(22-18)21-12-16-7-4-6-15-5-2-3-8-17(15)16/h2-8,11,14H,9-10,12-13H2,1H3,(H2,21,22,23,25). The lowest BCUT2D eigenvalue weighted by atomic mass is 10.0. The lowest BCUT2D eigenvalue weighted by molar-refractivity contribution is 0.0529. The molecule has 2 heterocycles. The molecule has 0 saturated carbocycles. The van der Waals surface area contributed by atoms with Crippen LogP contribution in [0.2, 0.25) is 0 Å². The highest BCUT2D eigenvalue weighted by Crippen LogP contribution is 2.20. The Morgan fingerprint density at radius 3 is 3.00 bits per heavy atom. The largest absolute Gasteiger partial charge is 0.375 e. The van der Waals surface area contributed by atoms with E-state index < -0.39 is 0 Å². The molecule has 2 N–H and O–H groups in total. The highest BCUT2D eigenvalue weighted by Gasteiger charge is 2.18. The van der Waals surface area contributed by atoms with Crippen LogP contribution < -0.4 is 15.8 Å². The Labute approximate surface area is 151 Å². The summed E-state index contributed by atoms with van der Waals surface area (Å²) in [4.78, 5) is 21.5. The molecule has 1 saturated heterocycles. The van der Waals surface area contributed by atoms with Gasteiger partial charge in [0.25, 0.3) is 5.56 Å². The van der Waals surface area contributed by atoms with E-state index in [-0.39, 0.29) is 11.7 Å². The van der Waals surface area contributed by atoms with E-state index in [1.807, 2.05) is 25.1 Å². The number of fused-ring (bicyclic) bond motifs is 1. The monoisotopic (exact) mass is 350 g/mol. The number of benzene rings is 2. The number of aromatic nitrogens is 2. The van der Waals surface area contributed by atoms with Gasteiger partial charge in [-0.2, -0.15) is 4.98 Å². The number of morpholine rings is 1. The normalized spacial score (nSPS) is 17.4. The van der Waals surface area contributed by atoms with Crippen LogP contribution >= 0.6 is 0 Å². The number of anilines is 2. The summed E-state index contributed by atoms with van der Waals surface area (Å²) in [6, 6.07) is 16.0. The van der Waals surface area contributed by atoms with Gasteiger partial charge in [-0.3, -0.25) is 9.78 Å². The van der Waals surface area contributed by atoms with Crippen molar-refractivity contribution in [1.29, 1.82) is 0 Å². The number of rotatable bonds is 4. The van der Waals surface area contributed by atoms with E-state index in [1.54, 1.807) is 6.07 Å². The first-order valence-electron chi connectivity index (χ1n) is 8.87. The Balaban J connectivity index is 1.55. The predicted octanol–water partition coefficient (Wildman–Crippen LogP) is 2.76. The molecular weight excluding hydrogens is 328 g/mol. The molecule has 1 aliphatic heterocycles. The molecule has 1 aliphatic rings. The van der Waals surface area contributed by atoms with E-state index >= 15 is 0 Å². The topological polar surface area (TPSA) is 70.2 Å². The molecular formula is C20H22N4O2. The van der Waals surface area contributed by atoms with Gasteiger partial charge < -0.3 is 15.0 Å². The van der Waals surface area contributed by atoms with Crippen LogP contribution in [0.1, 0.15) is 12.5 Å². The van der Waals surface area contributed by atoms with Crippen LogP contribution in [0.4, 0.5) is 11.8 Å². The fourth-order valence-corrected chi connectivity index (χ4v) is 3.34. The summed E-state index contributed by atoms with van der Waals surface area (Å²) in [7, 11) is 0. The molecule has 2 aromatic carbocycles. The van der Waals surface area contributed by atoms with Crippen molar-refractivity contribution in [2.45, 2.75) is 19.6 Å². The van der Waals surface area contributed by atoms with E-state index in [9.17, 15) is 4.79 Å². The summed E-state index contributed by atoms with van der Waals surface area (Å²) in [5.74, 6) is 1.17. The smallest absolute Gasteiger partial charge is 0.254 e. The van der Waals surface area contributed by atoms with Crippen LogP contribution in [-0.4, -0.2) is 35.8 Å². The number of aromatic amines is 1. The zero-order valence-corrected chi connectivity index (χ0v) is 14.7. The summed E-state index contributed by atoms with van der Waals surface area (Å²) < 4.78 is 5.57. The SMILES string of the molecule is CC1CN(c2cc(=O)[nH]c(NCc3cccc4ccccc34)n2)CCO1. The first kappa shape index (κ1) is 16.6. The summed E-state index contributed by atoms with van der Waals surface area (Å²) in [5.41, 5.74) is 1.01. The molecule has 1 unspecified atom stereocenters. The minimum absolute atomic E-state index is 0.136. The third kappa shape index (κ3) is 3.55. The maximum atomic E-state index is 12.1. The molecule has 0 amide bonds. The highest BCUT2D eigenvalue weighted by atomic mass is 16.5. The van der Waals surface area contributed by atoms with Gasteiger partial charge in [-0.15, -0.1) is 0 Å². The van der Waals surface area contributed by atoms with E-state index in [4.69, 9.17) is 4.74 Å². The highest BCUT2D eigenvalue weighted by molar-refractivity contribution is 5.85. The Kier molecular flexibility index (Phi) is 4.58. The van der Waals surface area contributed by atoms with Gasteiger partial charge >= 0.3 is 0 Å². The minimum atomic E-state index is -0.158. The lowest BCUT2D eigenvalue weighted by Crippen LogP contribution is -2.42. The van der Waals surface area contributed by atoms with Crippen LogP contribution in [0.25, 0.3) is 10.8 Å². The van der Waals surface area contributed by atoms with Gasteiger partial charge in [0.2, 0.25) is 5.95 Å². The van der Waals surface area contributed by atoms with Crippen molar-refractivity contribution >= 4 is 22.5 Å². The molecule has 0 spiro atoms. The Bertz CT molecular complexity index is 964. The van der Waals surface area contributed by atoms with Crippen LogP contribution in [0.3, 0.4) is 0 Å². The van der Waals surface area contributed by atoms with Gasteiger partial charge in [0.1, 0.15) is 5.82 Å². The van der Waals surface area contributed by atoms with Gasteiger partial charge in [-0.05, 0) is 23.3 Å². The number of hydrogen-bond donors (Lipinski definition) is 2. The molecule has 1 atom stereocenters. The summed E-state index contributed by atoms with van der Waals surface area (Å²) in [6.45, 7) is 4.74. The molecule has 26 heavy (non-hydrogen) atoms. The van der Waals surface area contributed by atoms with Crippen molar-refractivity contribution in [3.8, 4) is 0 Å². The molecule has 4 rings (SSSR count). The molecule has 134 valence electrons. The second-order valence-electron chi connectivity index (χ2n) is 6.57. The second kappa shape index (κ2) is 7.17. The van der Waals surface area contributed by atoms with E-state index in [2.05, 4.69) is 44.5 Å². The third-order valence-electron chi connectivity index (χ3n) is 4.62. The van der Waals surface area contributed by atoms with E-state index in [0.717, 1.165) is 18.7 Å². The average Bonchev–Trinajstić information content (AvgIpc) is 2.66. The second-order valence-corrected chi connectivity index (χ2v) is 6.57. The quantitative estimate of drug-likeness (QED) is 0.757. The zero-order valence-electron chi connectivity index (χ0n) is 14.7. The number of nitrogens with zero attached hydrogens (tertiary/aromatic N) is 2. The summed E-state index contributed by atoms with van der Waals surface area (Å²) >= 11 is 0. The van der Waals surface area contributed by atoms with Crippen molar-refractivity contribution in [2.75, 3.05) is 29.9 Å². The molecule has 0 aliphatic carbocycles. The van der Waals surface area contributed by atoms with Gasteiger partial charge in [-0.25, -0.2) is 0 Å². The molecule has 0 radical (unpaired) electrons. The fraction of sp³-hybridized carbons (Fsp3) is 0.300. The van der Waals surface area contributed by atoms with Crippen LogP contribution in [0, 0.1) is 0 Å². The van der Waals surface area contributed by atoms with Crippen molar-refractivity contribution in [2.24, 2.45) is 0 Å². The predicted molar refractivity (Wildman–Crippen MR) is 104 cm³/mol. The summed E-state index contributed by atoms with van der Waals surface area (Å²) in [6.07, 6.45) is 0.136. The maximum Gasteiger partial charge on any atom is 0.254 e. The van der Waals surface area contributed by atoms with Crippen molar-refractivity contribution in [3.05, 3.63) is 64.4 Å². The van der Waals surface area contributed by atoms with E-state index in [1.165, 1.54) is 10.8 Å². The number of nitrogens with one attached hydrogen (secondary N) is 2. The molecule has 1 aromatic heterocycles. The van der Waals surface area contributed by atoms with E-state index in [0.29, 0.717) is 24.9 Å². The lowest BCUT2D eigenvalue weighted by Gasteiger charge is -2.31. The molecule has 6 heteroatoms. The first-order valence-corrected chi connectivity index (χ1v) is 8.87. The average molecular weight is 350 g/mol.